The topological polar surface area (TPSA) is 35.5 Å². The predicted molar refractivity (Wildman–Crippen MR) is 58.8 cm³/mol. The van der Waals surface area contributed by atoms with Gasteiger partial charge in [-0.25, -0.2) is 4.79 Å². The van der Waals surface area contributed by atoms with Gasteiger partial charge in [-0.2, -0.15) is 0 Å². The standard InChI is InChI=1S/C12H22O3/c1-3-5-6-7-8-9-12(4-2)10-14-11(13)15-12/h3-10H2,1-2H3. The molecule has 1 rings (SSSR count). The maximum atomic E-state index is 10.9. The molecule has 1 fully saturated rings. The third-order valence-electron chi connectivity index (χ3n) is 3.13. The van der Waals surface area contributed by atoms with Gasteiger partial charge in [0.2, 0.25) is 0 Å². The number of hydrogen-bond acceptors (Lipinski definition) is 3. The van der Waals surface area contributed by atoms with Gasteiger partial charge in [0.05, 0.1) is 0 Å². The molecule has 1 atom stereocenters. The van der Waals surface area contributed by atoms with E-state index in [0.717, 1.165) is 19.3 Å². The van der Waals surface area contributed by atoms with E-state index in [0.29, 0.717) is 6.61 Å². The third kappa shape index (κ3) is 3.73. The summed E-state index contributed by atoms with van der Waals surface area (Å²) in [6, 6.07) is 0. The Morgan fingerprint density at radius 2 is 1.93 bits per heavy atom. The van der Waals surface area contributed by atoms with Gasteiger partial charge in [0.1, 0.15) is 12.2 Å². The molecule has 1 unspecified atom stereocenters. The Hall–Kier alpha value is -0.730. The fourth-order valence-electron chi connectivity index (χ4n) is 1.95. The maximum absolute atomic E-state index is 10.9. The fraction of sp³-hybridized carbons (Fsp3) is 0.917. The van der Waals surface area contributed by atoms with Gasteiger partial charge in [-0.15, -0.1) is 0 Å². The van der Waals surface area contributed by atoms with Gasteiger partial charge in [-0.3, -0.25) is 0 Å². The van der Waals surface area contributed by atoms with E-state index >= 15 is 0 Å². The van der Waals surface area contributed by atoms with E-state index in [2.05, 4.69) is 6.92 Å². The van der Waals surface area contributed by atoms with Crippen molar-refractivity contribution in [2.24, 2.45) is 0 Å². The lowest BCUT2D eigenvalue weighted by Gasteiger charge is -2.22. The number of ether oxygens (including phenoxy) is 2. The molecule has 1 aliphatic rings. The molecule has 3 nitrogen and oxygen atoms in total. The third-order valence-corrected chi connectivity index (χ3v) is 3.13. The van der Waals surface area contributed by atoms with Crippen LogP contribution in [0.4, 0.5) is 4.79 Å². The zero-order valence-corrected chi connectivity index (χ0v) is 9.88. The second-order valence-electron chi connectivity index (χ2n) is 4.34. The SMILES string of the molecule is CCCCCCCC1(CC)COC(=O)O1. The van der Waals surface area contributed by atoms with Gasteiger partial charge in [0.15, 0.2) is 0 Å². The molecule has 88 valence electrons. The van der Waals surface area contributed by atoms with Crippen LogP contribution < -0.4 is 0 Å². The highest BCUT2D eigenvalue weighted by molar-refractivity contribution is 5.62. The summed E-state index contributed by atoms with van der Waals surface area (Å²) in [4.78, 5) is 10.9. The summed E-state index contributed by atoms with van der Waals surface area (Å²) in [5, 5.41) is 0. The molecule has 0 amide bonds. The minimum atomic E-state index is -0.495. The van der Waals surface area contributed by atoms with E-state index in [1.54, 1.807) is 0 Å². The summed E-state index contributed by atoms with van der Waals surface area (Å²) in [6.07, 6.45) is 7.51. The van der Waals surface area contributed by atoms with Crippen LogP contribution in [0.1, 0.15) is 58.8 Å². The van der Waals surface area contributed by atoms with Crippen molar-refractivity contribution in [1.82, 2.24) is 0 Å². The van der Waals surface area contributed by atoms with Crippen molar-refractivity contribution in [1.29, 1.82) is 0 Å². The fourth-order valence-corrected chi connectivity index (χ4v) is 1.95. The largest absolute Gasteiger partial charge is 0.509 e. The van der Waals surface area contributed by atoms with Crippen molar-refractivity contribution < 1.29 is 14.3 Å². The van der Waals surface area contributed by atoms with Crippen molar-refractivity contribution in [2.45, 2.75) is 64.4 Å². The van der Waals surface area contributed by atoms with E-state index in [4.69, 9.17) is 9.47 Å². The minimum absolute atomic E-state index is 0.316. The first kappa shape index (κ1) is 12.3. The highest BCUT2D eigenvalue weighted by Gasteiger charge is 2.39. The quantitative estimate of drug-likeness (QED) is 0.479. The molecular weight excluding hydrogens is 192 g/mol. The highest BCUT2D eigenvalue weighted by atomic mass is 16.8. The number of rotatable bonds is 7. The lowest BCUT2D eigenvalue weighted by atomic mass is 9.94. The molecule has 0 aromatic heterocycles. The molecule has 0 aliphatic carbocycles. The van der Waals surface area contributed by atoms with Crippen molar-refractivity contribution >= 4 is 6.16 Å². The van der Waals surface area contributed by atoms with E-state index in [9.17, 15) is 4.79 Å². The summed E-state index contributed by atoms with van der Waals surface area (Å²) in [6.45, 7) is 4.70. The second-order valence-corrected chi connectivity index (χ2v) is 4.34. The van der Waals surface area contributed by atoms with Gasteiger partial charge in [0.25, 0.3) is 0 Å². The molecule has 3 heteroatoms. The number of carbonyl (C=O) groups excluding carboxylic acids is 1. The molecule has 1 heterocycles. The summed E-state index contributed by atoms with van der Waals surface area (Å²) in [5.74, 6) is 0. The molecular formula is C12H22O3. The van der Waals surface area contributed by atoms with Crippen LogP contribution in [0.15, 0.2) is 0 Å². The van der Waals surface area contributed by atoms with Crippen LogP contribution in [0.2, 0.25) is 0 Å². The summed E-state index contributed by atoms with van der Waals surface area (Å²) >= 11 is 0. The summed E-state index contributed by atoms with van der Waals surface area (Å²) in [7, 11) is 0. The van der Waals surface area contributed by atoms with E-state index in [1.165, 1.54) is 25.7 Å². The van der Waals surface area contributed by atoms with Crippen LogP contribution in [0.3, 0.4) is 0 Å². The Labute approximate surface area is 92.1 Å². The van der Waals surface area contributed by atoms with Crippen molar-refractivity contribution in [3.05, 3.63) is 0 Å². The van der Waals surface area contributed by atoms with Crippen LogP contribution in [0.5, 0.6) is 0 Å². The first-order valence-corrected chi connectivity index (χ1v) is 6.08. The van der Waals surface area contributed by atoms with Crippen LogP contribution in [0.25, 0.3) is 0 Å². The van der Waals surface area contributed by atoms with Crippen molar-refractivity contribution in [2.75, 3.05) is 6.61 Å². The van der Waals surface area contributed by atoms with Gasteiger partial charge < -0.3 is 9.47 Å². The molecule has 1 aliphatic heterocycles. The number of carbonyl (C=O) groups is 1. The lowest BCUT2D eigenvalue weighted by Crippen LogP contribution is -2.30. The molecule has 15 heavy (non-hydrogen) atoms. The Bertz CT molecular complexity index is 203. The van der Waals surface area contributed by atoms with Gasteiger partial charge in [-0.05, 0) is 19.3 Å². The zero-order valence-electron chi connectivity index (χ0n) is 9.88. The molecule has 0 radical (unpaired) electrons. The average molecular weight is 214 g/mol. The average Bonchev–Trinajstić information content (AvgIpc) is 2.61. The van der Waals surface area contributed by atoms with Gasteiger partial charge in [-0.1, -0.05) is 39.5 Å². The molecule has 0 aromatic carbocycles. The first-order chi connectivity index (χ1) is 7.22. The Morgan fingerprint density at radius 1 is 1.20 bits per heavy atom. The Kier molecular flexibility index (Phi) is 4.92. The monoisotopic (exact) mass is 214 g/mol. The minimum Gasteiger partial charge on any atom is -0.430 e. The molecule has 1 saturated heterocycles. The molecule has 0 aromatic rings. The normalized spacial score (nSPS) is 25.1. The maximum Gasteiger partial charge on any atom is 0.509 e. The van der Waals surface area contributed by atoms with Gasteiger partial charge >= 0.3 is 6.16 Å². The van der Waals surface area contributed by atoms with Crippen LogP contribution in [-0.2, 0) is 9.47 Å². The van der Waals surface area contributed by atoms with Crippen LogP contribution in [-0.4, -0.2) is 18.4 Å². The van der Waals surface area contributed by atoms with E-state index in [1.807, 2.05) is 6.92 Å². The number of unbranched alkanes of at least 4 members (excludes halogenated alkanes) is 4. The zero-order chi connectivity index (χ0) is 11.1. The van der Waals surface area contributed by atoms with Crippen LogP contribution in [0, 0.1) is 0 Å². The lowest BCUT2D eigenvalue weighted by molar-refractivity contribution is 0.0441. The van der Waals surface area contributed by atoms with Crippen molar-refractivity contribution in [3.8, 4) is 0 Å². The smallest absolute Gasteiger partial charge is 0.430 e. The van der Waals surface area contributed by atoms with E-state index < -0.39 is 6.16 Å². The number of hydrogen-bond donors (Lipinski definition) is 0. The summed E-state index contributed by atoms with van der Waals surface area (Å²) < 4.78 is 10.1. The van der Waals surface area contributed by atoms with Gasteiger partial charge in [0, 0.05) is 0 Å². The van der Waals surface area contributed by atoms with E-state index in [-0.39, 0.29) is 5.60 Å². The van der Waals surface area contributed by atoms with Crippen LogP contribution >= 0.6 is 0 Å². The molecule has 0 saturated carbocycles. The predicted octanol–water partition coefficient (Wildman–Crippen LogP) is 3.66. The second kappa shape index (κ2) is 5.99. The molecule has 0 spiro atoms. The summed E-state index contributed by atoms with van der Waals surface area (Å²) in [5.41, 5.74) is -0.316. The molecule has 0 N–H and O–H groups in total. The Morgan fingerprint density at radius 3 is 2.47 bits per heavy atom. The molecule has 0 bridgehead atoms. The Balaban J connectivity index is 2.19. The number of cyclic esters (lactones) is 2. The van der Waals surface area contributed by atoms with Crippen molar-refractivity contribution in [3.63, 3.8) is 0 Å². The first-order valence-electron chi connectivity index (χ1n) is 6.08. The highest BCUT2D eigenvalue weighted by Crippen LogP contribution is 2.29.